The lowest BCUT2D eigenvalue weighted by Crippen LogP contribution is -2.04. The molecule has 5 nitrogen and oxygen atoms in total. The second-order valence-corrected chi connectivity index (χ2v) is 7.68. The number of sulfone groups is 1. The van der Waals surface area contributed by atoms with Gasteiger partial charge in [-0.3, -0.25) is 0 Å². The van der Waals surface area contributed by atoms with Crippen LogP contribution in [0.4, 0.5) is 0 Å². The highest BCUT2D eigenvalue weighted by Crippen LogP contribution is 2.33. The van der Waals surface area contributed by atoms with Gasteiger partial charge in [0.15, 0.2) is 10.5 Å². The highest BCUT2D eigenvalue weighted by atomic mass is 35.5. The third-order valence-corrected chi connectivity index (χ3v) is 5.99. The van der Waals surface area contributed by atoms with E-state index in [1.54, 1.807) is 49.6 Å². The molecule has 0 N–H and O–H groups in total. The summed E-state index contributed by atoms with van der Waals surface area (Å²) in [6, 6.07) is 9.89. The normalized spacial score (nSPS) is 12.0. The summed E-state index contributed by atoms with van der Waals surface area (Å²) in [4.78, 5) is 4.62. The predicted molar refractivity (Wildman–Crippen MR) is 86.4 cm³/mol. The first kappa shape index (κ1) is 15.3. The highest BCUT2D eigenvalue weighted by molar-refractivity contribution is 7.99. The molecule has 0 atom stereocenters. The first-order valence-electron chi connectivity index (χ1n) is 6.35. The molecule has 2 heterocycles. The molecule has 3 rings (SSSR count). The van der Waals surface area contributed by atoms with Crippen molar-refractivity contribution in [1.82, 2.24) is 14.6 Å². The number of thioether (sulfide) groups is 1. The van der Waals surface area contributed by atoms with E-state index < -0.39 is 9.84 Å². The second-order valence-electron chi connectivity index (χ2n) is 4.61. The van der Waals surface area contributed by atoms with Crippen LogP contribution in [0.5, 0.6) is 0 Å². The number of hydrogen-bond acceptors (Lipinski definition) is 5. The largest absolute Gasteiger partial charge is 0.233 e. The Kier molecular flexibility index (Phi) is 3.88. The Hall–Kier alpha value is -1.57. The molecule has 8 heteroatoms. The van der Waals surface area contributed by atoms with Crippen LogP contribution in [-0.2, 0) is 9.84 Å². The van der Waals surface area contributed by atoms with Crippen LogP contribution in [-0.4, -0.2) is 29.3 Å². The molecule has 0 saturated carbocycles. The van der Waals surface area contributed by atoms with Crippen molar-refractivity contribution in [3.8, 4) is 0 Å². The van der Waals surface area contributed by atoms with E-state index in [9.17, 15) is 8.42 Å². The van der Waals surface area contributed by atoms with Gasteiger partial charge in [0.2, 0.25) is 9.84 Å². The van der Waals surface area contributed by atoms with Crippen LogP contribution >= 0.6 is 23.4 Å². The first-order valence-corrected chi connectivity index (χ1v) is 9.43. The molecule has 0 aliphatic rings. The summed E-state index contributed by atoms with van der Waals surface area (Å²) in [7, 11) is -3.72. The van der Waals surface area contributed by atoms with E-state index in [2.05, 4.69) is 10.1 Å². The molecule has 0 aliphatic carbocycles. The number of fused-ring (bicyclic) bond motifs is 1. The van der Waals surface area contributed by atoms with Crippen LogP contribution in [0.3, 0.4) is 0 Å². The van der Waals surface area contributed by atoms with Gasteiger partial charge < -0.3 is 0 Å². The maximum absolute atomic E-state index is 13.0. The zero-order chi connectivity index (χ0) is 15.9. The number of aromatic nitrogens is 3. The maximum Gasteiger partial charge on any atom is 0.213 e. The summed E-state index contributed by atoms with van der Waals surface area (Å²) in [5, 5.41) is 4.97. The molecule has 0 fully saturated rings. The number of benzene rings is 1. The van der Waals surface area contributed by atoms with Crippen molar-refractivity contribution in [3.05, 3.63) is 47.2 Å². The van der Waals surface area contributed by atoms with E-state index in [1.165, 1.54) is 16.3 Å². The van der Waals surface area contributed by atoms with Gasteiger partial charge >= 0.3 is 0 Å². The van der Waals surface area contributed by atoms with Crippen molar-refractivity contribution in [1.29, 1.82) is 0 Å². The summed E-state index contributed by atoms with van der Waals surface area (Å²) < 4.78 is 27.3. The van der Waals surface area contributed by atoms with Gasteiger partial charge in [-0.05, 0) is 31.4 Å². The van der Waals surface area contributed by atoms with Gasteiger partial charge in [0.1, 0.15) is 10.2 Å². The van der Waals surface area contributed by atoms with Crippen molar-refractivity contribution < 1.29 is 8.42 Å². The Labute approximate surface area is 137 Å². The van der Waals surface area contributed by atoms with Crippen LogP contribution < -0.4 is 0 Å². The van der Waals surface area contributed by atoms with Crippen molar-refractivity contribution in [2.45, 2.75) is 21.7 Å². The standard InChI is InChI=1S/C14H12ClN3O2S2/c1-9-8-11(15)18-13(16-9)12(14(17-18)21-2)22(19,20)10-6-4-3-5-7-10/h3-8H,1-2H3. The van der Waals surface area contributed by atoms with Crippen molar-refractivity contribution in [3.63, 3.8) is 0 Å². The molecular formula is C14H12ClN3O2S2. The highest BCUT2D eigenvalue weighted by Gasteiger charge is 2.29. The summed E-state index contributed by atoms with van der Waals surface area (Å²) in [6.07, 6.45) is 1.77. The van der Waals surface area contributed by atoms with E-state index in [0.29, 0.717) is 15.9 Å². The molecule has 0 radical (unpaired) electrons. The average Bonchev–Trinajstić information content (AvgIpc) is 2.87. The minimum absolute atomic E-state index is 0.0943. The maximum atomic E-state index is 13.0. The summed E-state index contributed by atoms with van der Waals surface area (Å²) in [5.41, 5.74) is 0.882. The molecule has 0 spiro atoms. The quantitative estimate of drug-likeness (QED) is 0.534. The van der Waals surface area contributed by atoms with Crippen LogP contribution in [0.15, 0.2) is 51.2 Å². The SMILES string of the molecule is CSc1nn2c(Cl)cc(C)nc2c1S(=O)(=O)c1ccccc1. The Morgan fingerprint density at radius 2 is 1.91 bits per heavy atom. The van der Waals surface area contributed by atoms with Crippen LogP contribution in [0, 0.1) is 6.92 Å². The number of hydrogen-bond donors (Lipinski definition) is 0. The number of rotatable bonds is 3. The number of nitrogens with zero attached hydrogens (tertiary/aromatic N) is 3. The molecule has 0 amide bonds. The fourth-order valence-electron chi connectivity index (χ4n) is 2.14. The van der Waals surface area contributed by atoms with Crippen molar-refractivity contribution in [2.24, 2.45) is 0 Å². The van der Waals surface area contributed by atoms with Gasteiger partial charge in [-0.1, -0.05) is 29.8 Å². The minimum Gasteiger partial charge on any atom is -0.233 e. The van der Waals surface area contributed by atoms with Gasteiger partial charge in [-0.15, -0.1) is 11.8 Å². The first-order chi connectivity index (χ1) is 10.4. The fourth-order valence-corrected chi connectivity index (χ4v) is 4.83. The molecule has 0 aliphatic heterocycles. The average molecular weight is 354 g/mol. The molecule has 22 heavy (non-hydrogen) atoms. The van der Waals surface area contributed by atoms with E-state index in [0.717, 1.165) is 0 Å². The van der Waals surface area contributed by atoms with Crippen LogP contribution in [0.25, 0.3) is 5.65 Å². The van der Waals surface area contributed by atoms with E-state index in [-0.39, 0.29) is 15.4 Å². The van der Waals surface area contributed by atoms with Gasteiger partial charge in [-0.2, -0.15) is 5.10 Å². The molecule has 0 saturated heterocycles. The number of aryl methyl sites for hydroxylation is 1. The molecule has 2 aromatic heterocycles. The Bertz CT molecular complexity index is 953. The summed E-state index contributed by atoms with van der Waals surface area (Å²) in [5.74, 6) is 0. The van der Waals surface area contributed by atoms with Crippen molar-refractivity contribution >= 4 is 38.8 Å². The molecule has 0 unspecified atom stereocenters. The zero-order valence-corrected chi connectivity index (χ0v) is 14.2. The molecule has 114 valence electrons. The third-order valence-electron chi connectivity index (χ3n) is 3.12. The third kappa shape index (κ3) is 2.39. The molecular weight excluding hydrogens is 342 g/mol. The monoisotopic (exact) mass is 353 g/mol. The van der Waals surface area contributed by atoms with Crippen molar-refractivity contribution in [2.75, 3.05) is 6.26 Å². The second kappa shape index (κ2) is 5.57. The molecule has 3 aromatic rings. The lowest BCUT2D eigenvalue weighted by Gasteiger charge is -2.04. The number of halogens is 1. The predicted octanol–water partition coefficient (Wildman–Crippen LogP) is 3.25. The Morgan fingerprint density at radius 1 is 1.23 bits per heavy atom. The zero-order valence-electron chi connectivity index (χ0n) is 11.8. The molecule has 1 aromatic carbocycles. The van der Waals surface area contributed by atoms with Gasteiger partial charge in [-0.25, -0.2) is 17.9 Å². The summed E-state index contributed by atoms with van der Waals surface area (Å²) >= 11 is 7.40. The van der Waals surface area contributed by atoms with Crippen LogP contribution in [0.1, 0.15) is 5.69 Å². The fraction of sp³-hybridized carbons (Fsp3) is 0.143. The van der Waals surface area contributed by atoms with E-state index >= 15 is 0 Å². The van der Waals surface area contributed by atoms with E-state index in [4.69, 9.17) is 11.6 Å². The topological polar surface area (TPSA) is 64.3 Å². The Balaban J connectivity index is 2.40. The van der Waals surface area contributed by atoms with E-state index in [1.807, 2.05) is 0 Å². The van der Waals surface area contributed by atoms with Crippen LogP contribution in [0.2, 0.25) is 5.15 Å². The molecule has 0 bridgehead atoms. The lowest BCUT2D eigenvalue weighted by atomic mass is 10.4. The van der Waals surface area contributed by atoms with Gasteiger partial charge in [0.05, 0.1) is 4.90 Å². The smallest absolute Gasteiger partial charge is 0.213 e. The van der Waals surface area contributed by atoms with Gasteiger partial charge in [0, 0.05) is 5.69 Å². The minimum atomic E-state index is -3.72. The van der Waals surface area contributed by atoms with Gasteiger partial charge in [0.25, 0.3) is 0 Å². The lowest BCUT2D eigenvalue weighted by molar-refractivity contribution is 0.594. The summed E-state index contributed by atoms with van der Waals surface area (Å²) in [6.45, 7) is 1.76. The Morgan fingerprint density at radius 3 is 2.55 bits per heavy atom.